The van der Waals surface area contributed by atoms with Crippen molar-refractivity contribution in [3.05, 3.63) is 52.8 Å². The third kappa shape index (κ3) is 4.38. The number of piperidine rings is 1. The summed E-state index contributed by atoms with van der Waals surface area (Å²) >= 11 is 0. The number of carboxylic acid groups (broad SMARTS) is 1. The van der Waals surface area contributed by atoms with Crippen molar-refractivity contribution in [2.45, 2.75) is 43.4 Å². The maximum Gasteiger partial charge on any atom is 0.341 e. The summed E-state index contributed by atoms with van der Waals surface area (Å²) in [5.74, 6) is -0.606. The van der Waals surface area contributed by atoms with Gasteiger partial charge in [-0.2, -0.15) is 0 Å². The van der Waals surface area contributed by atoms with E-state index >= 15 is 0 Å². The molecule has 1 saturated heterocycles. The van der Waals surface area contributed by atoms with E-state index in [9.17, 15) is 22.7 Å². The average molecular weight is 489 g/mol. The number of anilines is 1. The number of hydrogen-bond donors (Lipinski definition) is 2. The monoisotopic (exact) mass is 488 g/mol. The molecular weight excluding hydrogens is 459 g/mol. The van der Waals surface area contributed by atoms with Crippen molar-refractivity contribution in [2.24, 2.45) is 11.8 Å². The van der Waals surface area contributed by atoms with Gasteiger partial charge in [0.1, 0.15) is 17.1 Å². The fourth-order valence-corrected chi connectivity index (χ4v) is 6.74. The van der Waals surface area contributed by atoms with Crippen LogP contribution in [0, 0.1) is 17.7 Å². The van der Waals surface area contributed by atoms with Gasteiger partial charge in [0.2, 0.25) is 0 Å². The van der Waals surface area contributed by atoms with Gasteiger partial charge < -0.3 is 14.7 Å². The largest absolute Gasteiger partial charge is 0.492 e. The van der Waals surface area contributed by atoms with E-state index in [0.29, 0.717) is 24.5 Å². The van der Waals surface area contributed by atoms with Crippen molar-refractivity contribution in [2.75, 3.05) is 31.0 Å². The maximum absolute atomic E-state index is 14.1. The molecule has 2 heterocycles. The Labute approximate surface area is 199 Å². The Hall–Kier alpha value is -2.65. The molecule has 7 nitrogen and oxygen atoms in total. The first-order valence-electron chi connectivity index (χ1n) is 11.8. The summed E-state index contributed by atoms with van der Waals surface area (Å²) in [7, 11) is -4.17. The molecule has 2 aromatic carbocycles. The molecule has 0 amide bonds. The predicted octanol–water partition coefficient (Wildman–Crippen LogP) is 4.10. The Kier molecular flexibility index (Phi) is 6.02. The van der Waals surface area contributed by atoms with Crippen molar-refractivity contribution in [3.63, 3.8) is 0 Å². The van der Waals surface area contributed by atoms with Gasteiger partial charge in [-0.25, -0.2) is 17.6 Å². The Morgan fingerprint density at radius 3 is 2.88 bits per heavy atom. The topological polar surface area (TPSA) is 95.9 Å². The third-order valence-electron chi connectivity index (χ3n) is 7.28. The third-order valence-corrected chi connectivity index (χ3v) is 8.75. The van der Waals surface area contributed by atoms with Crippen LogP contribution in [0.25, 0.3) is 0 Å². The summed E-state index contributed by atoms with van der Waals surface area (Å²) in [6.07, 6.45) is 3.36. The molecule has 2 N–H and O–H groups in total. The quantitative estimate of drug-likeness (QED) is 0.609. The van der Waals surface area contributed by atoms with E-state index < -0.39 is 21.8 Å². The molecule has 0 spiro atoms. The van der Waals surface area contributed by atoms with Crippen LogP contribution in [0.2, 0.25) is 0 Å². The molecule has 0 bridgehead atoms. The highest BCUT2D eigenvalue weighted by Gasteiger charge is 2.45. The van der Waals surface area contributed by atoms with E-state index in [1.54, 1.807) is 6.07 Å². The zero-order valence-corrected chi connectivity index (χ0v) is 19.9. The highest BCUT2D eigenvalue weighted by atomic mass is 32.2. The minimum atomic E-state index is -4.17. The van der Waals surface area contributed by atoms with Gasteiger partial charge in [0, 0.05) is 12.5 Å². The number of nitrogens with one attached hydrogen (secondary N) is 1. The zero-order chi connectivity index (χ0) is 24.0. The highest BCUT2D eigenvalue weighted by molar-refractivity contribution is 7.92. The second kappa shape index (κ2) is 8.85. The number of rotatable bonds is 7. The van der Waals surface area contributed by atoms with Crippen LogP contribution in [0.1, 0.15) is 53.6 Å². The van der Waals surface area contributed by atoms with Crippen LogP contribution >= 0.6 is 0 Å². The molecule has 9 heteroatoms. The van der Waals surface area contributed by atoms with Crippen molar-refractivity contribution < 1.29 is 27.4 Å². The first-order chi connectivity index (χ1) is 16.3. The lowest BCUT2D eigenvalue weighted by Gasteiger charge is -2.32. The lowest BCUT2D eigenvalue weighted by Crippen LogP contribution is -2.36. The van der Waals surface area contributed by atoms with Crippen LogP contribution < -0.4 is 9.46 Å². The number of halogens is 1. The second-order valence-electron chi connectivity index (χ2n) is 9.59. The minimum Gasteiger partial charge on any atom is -0.492 e. The van der Waals surface area contributed by atoms with E-state index in [0.717, 1.165) is 50.5 Å². The number of carbonyl (C=O) groups is 1. The van der Waals surface area contributed by atoms with Crippen LogP contribution in [-0.2, 0) is 16.4 Å². The summed E-state index contributed by atoms with van der Waals surface area (Å²) in [6, 6.07) is 6.90. The predicted molar refractivity (Wildman–Crippen MR) is 125 cm³/mol. The van der Waals surface area contributed by atoms with Crippen LogP contribution in [-0.4, -0.2) is 50.6 Å². The van der Waals surface area contributed by atoms with E-state index in [4.69, 9.17) is 4.74 Å². The smallest absolute Gasteiger partial charge is 0.341 e. The first kappa shape index (κ1) is 23.1. The Morgan fingerprint density at radius 2 is 2.12 bits per heavy atom. The second-order valence-corrected chi connectivity index (χ2v) is 11.2. The lowest BCUT2D eigenvalue weighted by molar-refractivity contribution is 0.0692. The van der Waals surface area contributed by atoms with Gasteiger partial charge >= 0.3 is 5.97 Å². The summed E-state index contributed by atoms with van der Waals surface area (Å²) in [4.78, 5) is 14.4. The van der Waals surface area contributed by atoms with Gasteiger partial charge in [0.25, 0.3) is 10.0 Å². The number of nitrogens with zero attached hydrogens (tertiary/aromatic N) is 1. The molecule has 5 rings (SSSR count). The summed E-state index contributed by atoms with van der Waals surface area (Å²) < 4.78 is 49.2. The van der Waals surface area contributed by atoms with E-state index in [2.05, 4.69) is 16.5 Å². The van der Waals surface area contributed by atoms with Crippen molar-refractivity contribution in [3.8, 4) is 5.75 Å². The van der Waals surface area contributed by atoms with Gasteiger partial charge in [-0.1, -0.05) is 13.0 Å². The first-order valence-corrected chi connectivity index (χ1v) is 13.3. The molecule has 2 aromatic rings. The Balaban J connectivity index is 1.46. The Morgan fingerprint density at radius 1 is 1.29 bits per heavy atom. The molecule has 182 valence electrons. The number of aromatic carboxylic acids is 1. The number of ether oxygens (including phenoxy) is 1. The molecule has 34 heavy (non-hydrogen) atoms. The summed E-state index contributed by atoms with van der Waals surface area (Å²) in [6.45, 7) is 5.31. The molecule has 3 aliphatic rings. The maximum atomic E-state index is 14.1. The summed E-state index contributed by atoms with van der Waals surface area (Å²) in [5, 5.41) is 9.88. The normalized spacial score (nSPS) is 24.0. The van der Waals surface area contributed by atoms with Gasteiger partial charge in [0.05, 0.1) is 17.2 Å². The summed E-state index contributed by atoms with van der Waals surface area (Å²) in [5.41, 5.74) is 0.996. The van der Waals surface area contributed by atoms with Crippen molar-refractivity contribution in [1.82, 2.24) is 4.90 Å². The van der Waals surface area contributed by atoms with E-state index in [1.165, 1.54) is 18.2 Å². The lowest BCUT2D eigenvalue weighted by atomic mass is 9.91. The minimum absolute atomic E-state index is 0.0280. The van der Waals surface area contributed by atoms with Crippen molar-refractivity contribution >= 4 is 21.7 Å². The average Bonchev–Trinajstić information content (AvgIpc) is 3.58. The zero-order valence-electron chi connectivity index (χ0n) is 19.1. The van der Waals surface area contributed by atoms with E-state index in [-0.39, 0.29) is 33.7 Å². The van der Waals surface area contributed by atoms with Crippen LogP contribution in [0.4, 0.5) is 10.1 Å². The molecular formula is C25H29FN2O5S. The fourth-order valence-electron chi connectivity index (χ4n) is 5.43. The molecule has 2 aliphatic heterocycles. The number of benzene rings is 2. The van der Waals surface area contributed by atoms with Crippen LogP contribution in [0.15, 0.2) is 35.2 Å². The molecule has 3 atom stereocenters. The fraction of sp³-hybridized carbons (Fsp3) is 0.480. The molecule has 1 saturated carbocycles. The van der Waals surface area contributed by atoms with Crippen molar-refractivity contribution in [1.29, 1.82) is 0 Å². The van der Waals surface area contributed by atoms with Crippen LogP contribution in [0.3, 0.4) is 0 Å². The van der Waals surface area contributed by atoms with Gasteiger partial charge in [0.15, 0.2) is 0 Å². The van der Waals surface area contributed by atoms with Gasteiger partial charge in [-0.15, -0.1) is 0 Å². The molecule has 0 aromatic heterocycles. The van der Waals surface area contributed by atoms with Gasteiger partial charge in [-0.3, -0.25) is 4.72 Å². The molecule has 0 unspecified atom stereocenters. The number of fused-ring (bicyclic) bond motifs is 3. The van der Waals surface area contributed by atoms with Gasteiger partial charge in [-0.05, 0) is 86.0 Å². The SMILES string of the molecule is CCN1CCC[C@H](Cc2cc(F)ccc2S(=O)(=O)Nc2ccc3c(c2C(=O)O)OC[C@@H]2C[C@H]32)C1. The highest BCUT2D eigenvalue weighted by Crippen LogP contribution is 2.55. The Bertz CT molecular complexity index is 1230. The molecule has 0 radical (unpaired) electrons. The number of likely N-dealkylation sites (tertiary alicyclic amines) is 1. The standard InChI is InChI=1S/C25H29FN2O5S/c1-2-28-9-3-4-15(13-28)10-16-11-18(26)5-8-22(16)34(31,32)27-21-7-6-19-20-12-17(20)14-33-24(19)23(21)25(29)30/h5-8,11,15,17,20,27H,2-4,9-10,12-14H2,1H3,(H,29,30)/t15-,17+,20+/m1/s1. The van der Waals surface area contributed by atoms with E-state index in [1.807, 2.05) is 0 Å². The van der Waals surface area contributed by atoms with Crippen LogP contribution in [0.5, 0.6) is 5.75 Å². The molecule has 1 aliphatic carbocycles. The molecule has 2 fully saturated rings. The number of sulfonamides is 1. The number of hydrogen-bond acceptors (Lipinski definition) is 5. The number of carboxylic acids is 1.